The van der Waals surface area contributed by atoms with Gasteiger partial charge in [0.15, 0.2) is 17.8 Å². The van der Waals surface area contributed by atoms with Crippen molar-refractivity contribution in [2.75, 3.05) is 7.11 Å². The monoisotopic (exact) mass is 262 g/mol. The van der Waals surface area contributed by atoms with Gasteiger partial charge in [-0.05, 0) is 43.2 Å². The molecule has 104 valence electrons. The number of para-hydroxylation sites is 1. The van der Waals surface area contributed by atoms with Crippen LogP contribution in [-0.4, -0.2) is 19.5 Å². The van der Waals surface area contributed by atoms with Crippen molar-refractivity contribution in [3.05, 3.63) is 23.8 Å². The summed E-state index contributed by atoms with van der Waals surface area (Å²) in [5.41, 5.74) is 0.561. The van der Waals surface area contributed by atoms with Crippen molar-refractivity contribution in [1.82, 2.24) is 0 Å². The minimum Gasteiger partial charge on any atom is -0.493 e. The van der Waals surface area contributed by atoms with Crippen LogP contribution in [0.3, 0.4) is 0 Å². The highest BCUT2D eigenvalue weighted by atomic mass is 16.5. The highest BCUT2D eigenvalue weighted by molar-refractivity contribution is 5.81. The van der Waals surface area contributed by atoms with Gasteiger partial charge in [-0.3, -0.25) is 4.79 Å². The maximum Gasteiger partial charge on any atom is 0.172 e. The van der Waals surface area contributed by atoms with E-state index in [9.17, 15) is 4.79 Å². The van der Waals surface area contributed by atoms with E-state index in [2.05, 4.69) is 13.8 Å². The topological polar surface area (TPSA) is 35.5 Å². The summed E-state index contributed by atoms with van der Waals surface area (Å²) in [6.07, 6.45) is 4.27. The summed E-state index contributed by atoms with van der Waals surface area (Å²) >= 11 is 0. The molecule has 0 spiro atoms. The van der Waals surface area contributed by atoms with Crippen LogP contribution in [0.15, 0.2) is 18.2 Å². The summed E-state index contributed by atoms with van der Waals surface area (Å²) in [7, 11) is 1.60. The van der Waals surface area contributed by atoms with Crippen molar-refractivity contribution in [3.8, 4) is 11.5 Å². The first-order valence-electron chi connectivity index (χ1n) is 6.94. The van der Waals surface area contributed by atoms with Crippen LogP contribution in [0, 0.1) is 11.8 Å². The number of ether oxygens (including phenoxy) is 2. The Kier molecular flexibility index (Phi) is 4.46. The lowest BCUT2D eigenvalue weighted by molar-refractivity contribution is 0.0950. The van der Waals surface area contributed by atoms with Crippen molar-refractivity contribution in [1.29, 1.82) is 0 Å². The van der Waals surface area contributed by atoms with Crippen LogP contribution in [0.2, 0.25) is 0 Å². The number of hydrogen-bond donors (Lipinski definition) is 0. The van der Waals surface area contributed by atoms with Gasteiger partial charge >= 0.3 is 0 Å². The number of carbonyl (C=O) groups is 1. The Bertz CT molecular complexity index is 442. The molecule has 1 aromatic rings. The van der Waals surface area contributed by atoms with Gasteiger partial charge in [-0.25, -0.2) is 0 Å². The molecular weight excluding hydrogens is 240 g/mol. The first-order valence-corrected chi connectivity index (χ1v) is 6.94. The van der Waals surface area contributed by atoms with Crippen molar-refractivity contribution in [2.24, 2.45) is 11.8 Å². The molecule has 0 amide bonds. The average Bonchev–Trinajstić information content (AvgIpc) is 2.43. The van der Waals surface area contributed by atoms with E-state index in [1.807, 2.05) is 6.07 Å². The molecule has 0 N–H and O–H groups in total. The first kappa shape index (κ1) is 13.9. The van der Waals surface area contributed by atoms with Crippen LogP contribution in [0.1, 0.15) is 43.5 Å². The Balaban J connectivity index is 2.16. The molecule has 0 heterocycles. The summed E-state index contributed by atoms with van der Waals surface area (Å²) in [5.74, 6) is 2.64. The van der Waals surface area contributed by atoms with Crippen LogP contribution in [-0.2, 0) is 0 Å². The van der Waals surface area contributed by atoms with Gasteiger partial charge in [0.1, 0.15) is 0 Å². The van der Waals surface area contributed by atoms with Crippen LogP contribution < -0.4 is 9.47 Å². The summed E-state index contributed by atoms with van der Waals surface area (Å²) in [4.78, 5) is 11.1. The Morgan fingerprint density at radius 2 is 2.00 bits per heavy atom. The molecule has 0 bridgehead atoms. The standard InChI is InChI=1S/C16H22O3/c1-11-7-8-14(9-12(11)2)19-16-13(10-17)5-4-6-15(16)18-3/h4-6,10-12,14H,7-9H2,1-3H3. The van der Waals surface area contributed by atoms with Crippen LogP contribution in [0.4, 0.5) is 0 Å². The lowest BCUT2D eigenvalue weighted by Crippen LogP contribution is -2.29. The van der Waals surface area contributed by atoms with Crippen LogP contribution in [0.25, 0.3) is 0 Å². The summed E-state index contributed by atoms with van der Waals surface area (Å²) < 4.78 is 11.4. The molecule has 0 saturated heterocycles. The molecule has 1 saturated carbocycles. The lowest BCUT2D eigenvalue weighted by Gasteiger charge is -2.32. The zero-order valence-corrected chi connectivity index (χ0v) is 11.9. The van der Waals surface area contributed by atoms with E-state index in [0.29, 0.717) is 23.0 Å². The maximum absolute atomic E-state index is 11.1. The molecule has 1 aromatic carbocycles. The van der Waals surface area contributed by atoms with E-state index in [-0.39, 0.29) is 6.10 Å². The number of benzene rings is 1. The minimum atomic E-state index is 0.182. The third kappa shape index (κ3) is 3.09. The molecule has 1 aliphatic rings. The smallest absolute Gasteiger partial charge is 0.172 e. The lowest BCUT2D eigenvalue weighted by atomic mass is 9.80. The Labute approximate surface area is 114 Å². The number of aldehydes is 1. The fourth-order valence-electron chi connectivity index (χ4n) is 2.68. The van der Waals surface area contributed by atoms with Gasteiger partial charge in [-0.15, -0.1) is 0 Å². The average molecular weight is 262 g/mol. The zero-order chi connectivity index (χ0) is 13.8. The van der Waals surface area contributed by atoms with E-state index in [1.165, 1.54) is 6.42 Å². The van der Waals surface area contributed by atoms with Gasteiger partial charge in [-0.2, -0.15) is 0 Å². The van der Waals surface area contributed by atoms with Gasteiger partial charge in [0.05, 0.1) is 18.8 Å². The molecule has 0 aliphatic heterocycles. The molecule has 0 aromatic heterocycles. The molecule has 3 unspecified atom stereocenters. The van der Waals surface area contributed by atoms with Gasteiger partial charge in [0.25, 0.3) is 0 Å². The second-order valence-electron chi connectivity index (χ2n) is 5.50. The number of methoxy groups -OCH3 is 1. The predicted molar refractivity (Wildman–Crippen MR) is 75.0 cm³/mol. The van der Waals surface area contributed by atoms with Gasteiger partial charge in [0, 0.05) is 0 Å². The number of hydrogen-bond acceptors (Lipinski definition) is 3. The van der Waals surface area contributed by atoms with Gasteiger partial charge in [0.2, 0.25) is 0 Å². The maximum atomic E-state index is 11.1. The molecule has 0 radical (unpaired) electrons. The van der Waals surface area contributed by atoms with E-state index in [4.69, 9.17) is 9.47 Å². The van der Waals surface area contributed by atoms with E-state index < -0.39 is 0 Å². The molecule has 1 fully saturated rings. The Morgan fingerprint density at radius 1 is 1.21 bits per heavy atom. The zero-order valence-electron chi connectivity index (χ0n) is 11.9. The molecule has 1 aliphatic carbocycles. The highest BCUT2D eigenvalue weighted by Crippen LogP contribution is 2.36. The highest BCUT2D eigenvalue weighted by Gasteiger charge is 2.27. The predicted octanol–water partition coefficient (Wildman–Crippen LogP) is 3.71. The van der Waals surface area contributed by atoms with Gasteiger partial charge < -0.3 is 9.47 Å². The second kappa shape index (κ2) is 6.09. The van der Waals surface area contributed by atoms with Crippen LogP contribution >= 0.6 is 0 Å². The molecule has 3 atom stereocenters. The molecule has 2 rings (SSSR count). The third-order valence-electron chi connectivity index (χ3n) is 4.19. The van der Waals surface area contributed by atoms with Crippen molar-refractivity contribution >= 4 is 6.29 Å². The summed E-state index contributed by atoms with van der Waals surface area (Å²) in [5, 5.41) is 0. The molecule has 3 nitrogen and oxygen atoms in total. The van der Waals surface area contributed by atoms with E-state index in [1.54, 1.807) is 19.2 Å². The fraction of sp³-hybridized carbons (Fsp3) is 0.562. The number of rotatable bonds is 4. The molecule has 19 heavy (non-hydrogen) atoms. The number of carbonyl (C=O) groups excluding carboxylic acids is 1. The summed E-state index contributed by atoms with van der Waals surface area (Å²) in [6.45, 7) is 4.56. The minimum absolute atomic E-state index is 0.182. The Hall–Kier alpha value is -1.51. The normalized spacial score (nSPS) is 26.8. The van der Waals surface area contributed by atoms with Crippen molar-refractivity contribution < 1.29 is 14.3 Å². The molecular formula is C16H22O3. The summed E-state index contributed by atoms with van der Waals surface area (Å²) in [6, 6.07) is 5.40. The van der Waals surface area contributed by atoms with Crippen molar-refractivity contribution in [2.45, 2.75) is 39.2 Å². The second-order valence-corrected chi connectivity index (χ2v) is 5.50. The fourth-order valence-corrected chi connectivity index (χ4v) is 2.68. The molecule has 3 heteroatoms. The van der Waals surface area contributed by atoms with Crippen molar-refractivity contribution in [3.63, 3.8) is 0 Å². The quantitative estimate of drug-likeness (QED) is 0.776. The van der Waals surface area contributed by atoms with Gasteiger partial charge in [-0.1, -0.05) is 19.9 Å². The largest absolute Gasteiger partial charge is 0.493 e. The van der Waals surface area contributed by atoms with E-state index in [0.717, 1.165) is 25.0 Å². The SMILES string of the molecule is COc1cccc(C=O)c1OC1CCC(C)C(C)C1. The van der Waals surface area contributed by atoms with Crippen LogP contribution in [0.5, 0.6) is 11.5 Å². The Morgan fingerprint density at radius 3 is 2.63 bits per heavy atom. The van der Waals surface area contributed by atoms with E-state index >= 15 is 0 Å². The first-order chi connectivity index (χ1) is 9.15. The third-order valence-corrected chi connectivity index (χ3v) is 4.19.